The molecular weight excluding hydrogens is 263 g/mol. The van der Waals surface area contributed by atoms with Crippen LogP contribution in [0.4, 0.5) is 16.2 Å². The van der Waals surface area contributed by atoms with Crippen LogP contribution in [0.3, 0.4) is 0 Å². The molecule has 1 heterocycles. The summed E-state index contributed by atoms with van der Waals surface area (Å²) in [5.41, 5.74) is 8.04. The van der Waals surface area contributed by atoms with Gasteiger partial charge in [0.05, 0.1) is 11.4 Å². The van der Waals surface area contributed by atoms with E-state index >= 15 is 0 Å². The van der Waals surface area contributed by atoms with Crippen molar-refractivity contribution in [2.75, 3.05) is 4.90 Å². The van der Waals surface area contributed by atoms with Crippen LogP contribution in [0.2, 0.25) is 0 Å². The maximum atomic E-state index is 12.3. The molecule has 4 nitrogen and oxygen atoms in total. The van der Waals surface area contributed by atoms with Gasteiger partial charge in [0.1, 0.15) is 0 Å². The molecule has 2 amide bonds. The molecule has 0 unspecified atom stereocenters. The number of urea groups is 1. The summed E-state index contributed by atoms with van der Waals surface area (Å²) >= 11 is 0. The van der Waals surface area contributed by atoms with Gasteiger partial charge < -0.3 is 7.16 Å². The van der Waals surface area contributed by atoms with Crippen LogP contribution in [0, 0.1) is 0 Å². The number of benzene rings is 2. The Morgan fingerprint density at radius 3 is 2.35 bits per heavy atom. The van der Waals surface area contributed by atoms with Crippen molar-refractivity contribution >= 4 is 23.2 Å². The molecule has 0 spiro atoms. The van der Waals surface area contributed by atoms with Crippen molar-refractivity contribution in [3.05, 3.63) is 59.7 Å². The standard InChI is InChI=1S/C15H12N2O2.Na.H/c16-15(19)17-12-7-3-1-5-10(12)9-14(18)11-6-2-4-8-13(11)17;;/h1-8H,9H2,(H2,16,19);;/q;+1;-1. The topological polar surface area (TPSA) is 63.4 Å². The normalized spacial score (nSPS) is 12.8. The fraction of sp³-hybridized carbons (Fsp3) is 0.0667. The zero-order valence-electron chi connectivity index (χ0n) is 12.2. The summed E-state index contributed by atoms with van der Waals surface area (Å²) in [6.07, 6.45) is 0.275. The van der Waals surface area contributed by atoms with Crippen LogP contribution in [-0.4, -0.2) is 11.8 Å². The van der Waals surface area contributed by atoms with Crippen LogP contribution in [0.5, 0.6) is 0 Å². The van der Waals surface area contributed by atoms with E-state index in [4.69, 9.17) is 5.73 Å². The SMILES string of the molecule is NC(=O)N1c2ccccc2CC(=O)c2ccccc21.[H-].[Na+]. The average molecular weight is 276 g/mol. The number of carbonyl (C=O) groups excluding carboxylic acids is 2. The third-order valence-corrected chi connectivity index (χ3v) is 3.25. The zero-order chi connectivity index (χ0) is 13.4. The Hall–Kier alpha value is -1.62. The van der Waals surface area contributed by atoms with Crippen molar-refractivity contribution in [3.63, 3.8) is 0 Å². The number of carbonyl (C=O) groups is 2. The molecule has 96 valence electrons. The van der Waals surface area contributed by atoms with Gasteiger partial charge in [-0.2, -0.15) is 0 Å². The molecule has 2 aromatic carbocycles. The van der Waals surface area contributed by atoms with Gasteiger partial charge in [-0.1, -0.05) is 30.3 Å². The van der Waals surface area contributed by atoms with Crippen LogP contribution in [0.15, 0.2) is 48.5 Å². The van der Waals surface area contributed by atoms with Gasteiger partial charge in [0.25, 0.3) is 0 Å². The summed E-state index contributed by atoms with van der Waals surface area (Å²) in [5.74, 6) is -0.00759. The summed E-state index contributed by atoms with van der Waals surface area (Å²) in [7, 11) is 0. The number of nitrogens with zero attached hydrogens (tertiary/aromatic N) is 1. The predicted molar refractivity (Wildman–Crippen MR) is 73.8 cm³/mol. The Morgan fingerprint density at radius 2 is 1.65 bits per heavy atom. The van der Waals surface area contributed by atoms with E-state index in [2.05, 4.69) is 0 Å². The molecular formula is C15H13N2NaO2. The van der Waals surface area contributed by atoms with Gasteiger partial charge in [-0.05, 0) is 23.8 Å². The number of hydrogen-bond acceptors (Lipinski definition) is 2. The number of para-hydroxylation sites is 2. The van der Waals surface area contributed by atoms with Crippen molar-refractivity contribution in [1.82, 2.24) is 0 Å². The van der Waals surface area contributed by atoms with E-state index in [-0.39, 0.29) is 43.2 Å². The summed E-state index contributed by atoms with van der Waals surface area (Å²) in [4.78, 5) is 25.4. The number of fused-ring (bicyclic) bond motifs is 2. The van der Waals surface area contributed by atoms with Gasteiger partial charge >= 0.3 is 35.6 Å². The fourth-order valence-corrected chi connectivity index (χ4v) is 2.42. The number of hydrogen-bond donors (Lipinski definition) is 1. The van der Waals surface area contributed by atoms with Gasteiger partial charge in [-0.25, -0.2) is 4.79 Å². The van der Waals surface area contributed by atoms with E-state index in [1.165, 1.54) is 4.90 Å². The molecule has 0 bridgehead atoms. The van der Waals surface area contributed by atoms with E-state index in [1.54, 1.807) is 30.3 Å². The first-order valence-corrected chi connectivity index (χ1v) is 5.98. The molecule has 0 atom stereocenters. The Balaban J connectivity index is 0.00000110. The number of rotatable bonds is 0. The number of nitrogens with two attached hydrogens (primary N) is 1. The van der Waals surface area contributed by atoms with E-state index in [0.717, 1.165) is 5.56 Å². The Bertz CT molecular complexity index is 691. The molecule has 0 aliphatic carbocycles. The number of Topliss-reactive ketones (excluding diaryl/α,β-unsaturated/α-hetero) is 1. The number of primary amides is 1. The molecule has 2 N–H and O–H groups in total. The van der Waals surface area contributed by atoms with Crippen LogP contribution < -0.4 is 40.2 Å². The first-order chi connectivity index (χ1) is 9.18. The Labute approximate surface area is 140 Å². The average Bonchev–Trinajstić information content (AvgIpc) is 2.53. The Morgan fingerprint density at radius 1 is 1.05 bits per heavy atom. The molecule has 0 saturated heterocycles. The smallest absolute Gasteiger partial charge is 1.00 e. The summed E-state index contributed by atoms with van der Waals surface area (Å²) in [6, 6.07) is 13.8. The summed E-state index contributed by atoms with van der Waals surface area (Å²) in [5, 5.41) is 0. The number of anilines is 2. The minimum atomic E-state index is -0.588. The van der Waals surface area contributed by atoms with E-state index in [1.807, 2.05) is 18.2 Å². The predicted octanol–water partition coefficient (Wildman–Crippen LogP) is -0.241. The number of ketones is 1. The van der Waals surface area contributed by atoms with Crippen LogP contribution >= 0.6 is 0 Å². The molecule has 1 aliphatic heterocycles. The van der Waals surface area contributed by atoms with E-state index in [0.29, 0.717) is 16.9 Å². The maximum absolute atomic E-state index is 12.3. The first kappa shape index (κ1) is 14.8. The third-order valence-electron chi connectivity index (χ3n) is 3.25. The summed E-state index contributed by atoms with van der Waals surface area (Å²) in [6.45, 7) is 0. The molecule has 0 aromatic heterocycles. The van der Waals surface area contributed by atoms with Crippen LogP contribution in [0.1, 0.15) is 17.3 Å². The van der Waals surface area contributed by atoms with Gasteiger partial charge in [-0.15, -0.1) is 0 Å². The first-order valence-electron chi connectivity index (χ1n) is 5.98. The Kier molecular flexibility index (Phi) is 4.28. The quantitative estimate of drug-likeness (QED) is 0.675. The molecule has 1 aliphatic rings. The second-order valence-corrected chi connectivity index (χ2v) is 4.42. The number of amides is 2. The summed E-state index contributed by atoms with van der Waals surface area (Å²) < 4.78 is 0. The monoisotopic (exact) mass is 276 g/mol. The third kappa shape index (κ3) is 2.38. The van der Waals surface area contributed by atoms with Crippen molar-refractivity contribution in [1.29, 1.82) is 0 Å². The largest absolute Gasteiger partial charge is 1.00 e. The van der Waals surface area contributed by atoms with Crippen LogP contribution in [-0.2, 0) is 6.42 Å². The van der Waals surface area contributed by atoms with Crippen molar-refractivity contribution in [2.24, 2.45) is 5.73 Å². The van der Waals surface area contributed by atoms with E-state index < -0.39 is 6.03 Å². The maximum Gasteiger partial charge on any atom is 1.00 e. The van der Waals surface area contributed by atoms with Gasteiger partial charge in [-0.3, -0.25) is 9.69 Å². The van der Waals surface area contributed by atoms with Crippen molar-refractivity contribution in [2.45, 2.75) is 6.42 Å². The van der Waals surface area contributed by atoms with Gasteiger partial charge in [0.15, 0.2) is 5.78 Å². The van der Waals surface area contributed by atoms with Crippen LogP contribution in [0.25, 0.3) is 0 Å². The second-order valence-electron chi connectivity index (χ2n) is 4.42. The molecule has 20 heavy (non-hydrogen) atoms. The van der Waals surface area contributed by atoms with E-state index in [9.17, 15) is 9.59 Å². The molecule has 0 saturated carbocycles. The van der Waals surface area contributed by atoms with Gasteiger partial charge in [0, 0.05) is 12.0 Å². The minimum Gasteiger partial charge on any atom is -1.00 e. The second kappa shape index (κ2) is 5.79. The molecule has 0 radical (unpaired) electrons. The van der Waals surface area contributed by atoms with Crippen molar-refractivity contribution < 1.29 is 40.6 Å². The molecule has 5 heteroatoms. The molecule has 2 aromatic rings. The van der Waals surface area contributed by atoms with Gasteiger partial charge in [0.2, 0.25) is 0 Å². The fourth-order valence-electron chi connectivity index (χ4n) is 2.42. The molecule has 0 fully saturated rings. The zero-order valence-corrected chi connectivity index (χ0v) is 13.2. The van der Waals surface area contributed by atoms with Crippen molar-refractivity contribution in [3.8, 4) is 0 Å². The molecule has 3 rings (SSSR count). The minimum absolute atomic E-state index is 0.